The van der Waals surface area contributed by atoms with E-state index in [4.69, 9.17) is 0 Å². The third-order valence-electron chi connectivity index (χ3n) is 2.91. The zero-order valence-corrected chi connectivity index (χ0v) is 14.6. The molecule has 0 unspecified atom stereocenters. The van der Waals surface area contributed by atoms with Gasteiger partial charge in [0.1, 0.15) is 0 Å². The van der Waals surface area contributed by atoms with E-state index >= 15 is 0 Å². The van der Waals surface area contributed by atoms with Crippen LogP contribution >= 0.6 is 15.9 Å². The van der Waals surface area contributed by atoms with Crippen LogP contribution in [0.15, 0.2) is 22.7 Å². The molecule has 19 heavy (non-hydrogen) atoms. The molecule has 0 saturated carbocycles. The average molecular weight is 327 g/mol. The van der Waals surface area contributed by atoms with Crippen LogP contribution in [0, 0.1) is 5.92 Å². The summed E-state index contributed by atoms with van der Waals surface area (Å²) in [6, 6.07) is 6.53. The van der Waals surface area contributed by atoms with Crippen LogP contribution in [-0.2, 0) is 6.54 Å². The van der Waals surface area contributed by atoms with Crippen LogP contribution < -0.4 is 10.2 Å². The third-order valence-corrected chi connectivity index (χ3v) is 3.40. The van der Waals surface area contributed by atoms with Gasteiger partial charge < -0.3 is 10.2 Å². The Labute approximate surface area is 126 Å². The number of rotatable bonds is 5. The highest BCUT2D eigenvalue weighted by atomic mass is 79.9. The molecule has 0 aliphatic carbocycles. The minimum atomic E-state index is 0.140. The van der Waals surface area contributed by atoms with Crippen molar-refractivity contribution in [2.75, 3.05) is 18.5 Å². The van der Waals surface area contributed by atoms with Crippen LogP contribution in [0.1, 0.15) is 40.2 Å². The Kier molecular flexibility index (Phi) is 5.87. The van der Waals surface area contributed by atoms with Gasteiger partial charge in [0.25, 0.3) is 0 Å². The van der Waals surface area contributed by atoms with Crippen molar-refractivity contribution < 1.29 is 0 Å². The van der Waals surface area contributed by atoms with Crippen LogP contribution in [0.4, 0.5) is 5.69 Å². The molecule has 0 aliphatic heterocycles. The predicted molar refractivity (Wildman–Crippen MR) is 88.8 cm³/mol. The van der Waals surface area contributed by atoms with Crippen LogP contribution in [0.25, 0.3) is 0 Å². The van der Waals surface area contributed by atoms with Gasteiger partial charge in [0, 0.05) is 35.8 Å². The minimum absolute atomic E-state index is 0.140. The van der Waals surface area contributed by atoms with Crippen molar-refractivity contribution in [3.8, 4) is 0 Å². The molecule has 0 spiro atoms. The molecule has 2 nitrogen and oxygen atoms in total. The van der Waals surface area contributed by atoms with E-state index in [1.54, 1.807) is 0 Å². The molecule has 0 radical (unpaired) electrons. The molecule has 0 saturated heterocycles. The third kappa shape index (κ3) is 5.96. The van der Waals surface area contributed by atoms with Gasteiger partial charge in [-0.1, -0.05) is 35.8 Å². The summed E-state index contributed by atoms with van der Waals surface area (Å²) in [5.74, 6) is 0.660. The summed E-state index contributed by atoms with van der Waals surface area (Å²) in [6.45, 7) is 13.1. The lowest BCUT2D eigenvalue weighted by molar-refractivity contribution is 0.424. The fraction of sp³-hybridized carbons (Fsp3) is 0.625. The molecule has 1 aromatic carbocycles. The first-order valence-corrected chi connectivity index (χ1v) is 7.73. The Morgan fingerprint density at radius 3 is 2.42 bits per heavy atom. The van der Waals surface area contributed by atoms with E-state index in [9.17, 15) is 0 Å². The van der Waals surface area contributed by atoms with Gasteiger partial charge >= 0.3 is 0 Å². The van der Waals surface area contributed by atoms with Gasteiger partial charge in [-0.25, -0.2) is 0 Å². The molecule has 0 fully saturated rings. The number of anilines is 1. The van der Waals surface area contributed by atoms with Crippen molar-refractivity contribution in [1.82, 2.24) is 5.32 Å². The molecule has 3 heteroatoms. The van der Waals surface area contributed by atoms with Crippen molar-refractivity contribution in [2.45, 2.75) is 46.7 Å². The molecule has 1 aromatic rings. The van der Waals surface area contributed by atoms with Crippen LogP contribution in [0.5, 0.6) is 0 Å². The zero-order chi connectivity index (χ0) is 14.6. The van der Waals surface area contributed by atoms with E-state index in [1.165, 1.54) is 11.3 Å². The molecule has 0 heterocycles. The lowest BCUT2D eigenvalue weighted by Gasteiger charge is -2.27. The molecule has 0 aliphatic rings. The Balaban J connectivity index is 2.91. The maximum atomic E-state index is 3.57. The summed E-state index contributed by atoms with van der Waals surface area (Å²) in [4.78, 5) is 2.34. The first-order valence-electron chi connectivity index (χ1n) is 6.93. The Bertz CT molecular complexity index is 408. The fourth-order valence-electron chi connectivity index (χ4n) is 2.05. The number of hydrogen-bond acceptors (Lipinski definition) is 2. The Morgan fingerprint density at radius 2 is 1.89 bits per heavy atom. The van der Waals surface area contributed by atoms with E-state index in [2.05, 4.69) is 86.0 Å². The Hall–Kier alpha value is -0.540. The Morgan fingerprint density at radius 1 is 1.26 bits per heavy atom. The quantitative estimate of drug-likeness (QED) is 0.861. The number of hydrogen-bond donors (Lipinski definition) is 1. The summed E-state index contributed by atoms with van der Waals surface area (Å²) in [5.41, 5.74) is 2.79. The van der Waals surface area contributed by atoms with Crippen molar-refractivity contribution >= 4 is 21.6 Å². The summed E-state index contributed by atoms with van der Waals surface area (Å²) in [5, 5.41) is 3.56. The molecule has 0 aromatic heterocycles. The summed E-state index contributed by atoms with van der Waals surface area (Å²) < 4.78 is 1.14. The first-order chi connectivity index (χ1) is 8.69. The second kappa shape index (κ2) is 6.76. The van der Waals surface area contributed by atoms with E-state index in [0.29, 0.717) is 5.92 Å². The zero-order valence-electron chi connectivity index (χ0n) is 13.0. The summed E-state index contributed by atoms with van der Waals surface area (Å²) in [6.07, 6.45) is 0. The second-order valence-electron chi connectivity index (χ2n) is 6.65. The van der Waals surface area contributed by atoms with Gasteiger partial charge in [-0.2, -0.15) is 0 Å². The van der Waals surface area contributed by atoms with Gasteiger partial charge in [0.15, 0.2) is 0 Å². The largest absolute Gasteiger partial charge is 0.374 e. The molecule has 1 rings (SSSR count). The smallest absolute Gasteiger partial charge is 0.0420 e. The molecular weight excluding hydrogens is 300 g/mol. The first kappa shape index (κ1) is 16.5. The second-order valence-corrected chi connectivity index (χ2v) is 7.57. The topological polar surface area (TPSA) is 15.3 Å². The van der Waals surface area contributed by atoms with E-state index in [0.717, 1.165) is 17.6 Å². The van der Waals surface area contributed by atoms with Gasteiger partial charge in [0.05, 0.1) is 0 Å². The maximum Gasteiger partial charge on any atom is 0.0420 e. The summed E-state index contributed by atoms with van der Waals surface area (Å²) in [7, 11) is 2.17. The van der Waals surface area contributed by atoms with Crippen molar-refractivity contribution in [2.24, 2.45) is 5.92 Å². The SMILES string of the molecule is CC(C)CN(C)c1cc(Br)ccc1CNC(C)(C)C. The standard InChI is InChI=1S/C16H27BrN2/c1-12(2)11-19(6)15-9-14(17)8-7-13(15)10-18-16(3,4)5/h7-9,12,18H,10-11H2,1-6H3. The number of nitrogens with zero attached hydrogens (tertiary/aromatic N) is 1. The van der Waals surface area contributed by atoms with E-state index in [-0.39, 0.29) is 5.54 Å². The van der Waals surface area contributed by atoms with Gasteiger partial charge in [-0.3, -0.25) is 0 Å². The number of benzene rings is 1. The van der Waals surface area contributed by atoms with E-state index < -0.39 is 0 Å². The van der Waals surface area contributed by atoms with Gasteiger partial charge in [-0.15, -0.1) is 0 Å². The maximum absolute atomic E-state index is 3.57. The lowest BCUT2D eigenvalue weighted by atomic mass is 10.1. The number of halogens is 1. The van der Waals surface area contributed by atoms with Crippen molar-refractivity contribution in [1.29, 1.82) is 0 Å². The molecule has 0 amide bonds. The van der Waals surface area contributed by atoms with E-state index in [1.807, 2.05) is 0 Å². The highest BCUT2D eigenvalue weighted by molar-refractivity contribution is 9.10. The highest BCUT2D eigenvalue weighted by Gasteiger charge is 2.13. The van der Waals surface area contributed by atoms with Gasteiger partial charge in [0.2, 0.25) is 0 Å². The van der Waals surface area contributed by atoms with Crippen molar-refractivity contribution in [3.63, 3.8) is 0 Å². The minimum Gasteiger partial charge on any atom is -0.374 e. The van der Waals surface area contributed by atoms with Gasteiger partial charge in [-0.05, 0) is 44.4 Å². The van der Waals surface area contributed by atoms with Crippen molar-refractivity contribution in [3.05, 3.63) is 28.2 Å². The molecule has 1 N–H and O–H groups in total. The molecule has 108 valence electrons. The van der Waals surface area contributed by atoms with Crippen LogP contribution in [0.2, 0.25) is 0 Å². The lowest BCUT2D eigenvalue weighted by Crippen LogP contribution is -2.35. The highest BCUT2D eigenvalue weighted by Crippen LogP contribution is 2.25. The summed E-state index contributed by atoms with van der Waals surface area (Å²) >= 11 is 3.57. The predicted octanol–water partition coefficient (Wildman–Crippen LogP) is 4.43. The van der Waals surface area contributed by atoms with Crippen LogP contribution in [-0.4, -0.2) is 19.1 Å². The fourth-order valence-corrected chi connectivity index (χ4v) is 2.40. The van der Waals surface area contributed by atoms with Crippen LogP contribution in [0.3, 0.4) is 0 Å². The normalized spacial score (nSPS) is 12.0. The average Bonchev–Trinajstić information content (AvgIpc) is 2.25. The molecular formula is C16H27BrN2. The monoisotopic (exact) mass is 326 g/mol. The molecule has 0 bridgehead atoms. The molecule has 0 atom stereocenters. The number of nitrogens with one attached hydrogen (secondary N) is 1.